The molecule has 0 saturated heterocycles. The minimum absolute atomic E-state index is 0.368. The normalized spacial score (nSPS) is 16.2. The van der Waals surface area contributed by atoms with Crippen LogP contribution in [-0.2, 0) is 14.3 Å². The number of thiol groups is 1. The molecule has 0 saturated carbocycles. The number of allylic oxidation sites excluding steroid dienone is 2. The first-order chi connectivity index (χ1) is 11.5. The van der Waals surface area contributed by atoms with Crippen molar-refractivity contribution in [1.29, 1.82) is 5.26 Å². The van der Waals surface area contributed by atoms with Crippen LogP contribution in [-0.4, -0.2) is 31.5 Å². The van der Waals surface area contributed by atoms with E-state index in [9.17, 15) is 10.1 Å². The number of carbonyl (C=O) groups is 2. The summed E-state index contributed by atoms with van der Waals surface area (Å²) in [6.07, 6.45) is 3.89. The first-order valence-electron chi connectivity index (χ1n) is 6.91. The molecule has 1 atom stereocenters. The lowest BCUT2D eigenvalue weighted by molar-refractivity contribution is -0.136. The number of pyridine rings is 1. The summed E-state index contributed by atoms with van der Waals surface area (Å²) in [5.41, 5.74) is 2.13. The van der Waals surface area contributed by atoms with Gasteiger partial charge in [0.05, 0.1) is 35.3 Å². The highest BCUT2D eigenvalue weighted by atomic mass is 32.1. The number of carbonyl (C=O) groups excluding carboxylic acids is 2. The molecule has 1 amide bonds. The topological polar surface area (TPSA) is 104 Å². The molecule has 7 nitrogen and oxygen atoms in total. The van der Waals surface area contributed by atoms with E-state index in [0.29, 0.717) is 28.3 Å². The van der Waals surface area contributed by atoms with Gasteiger partial charge < -0.3 is 15.4 Å². The second-order valence-corrected chi connectivity index (χ2v) is 5.10. The van der Waals surface area contributed by atoms with Crippen LogP contribution < -0.4 is 10.6 Å². The summed E-state index contributed by atoms with van der Waals surface area (Å²) in [4.78, 5) is 25.1. The molecular weight excluding hydrogens is 328 g/mol. The summed E-state index contributed by atoms with van der Waals surface area (Å²) >= 11 is 4.28. The Hall–Kier alpha value is -2.79. The van der Waals surface area contributed by atoms with Crippen LogP contribution in [0.5, 0.6) is 0 Å². The molecule has 0 bridgehead atoms. The van der Waals surface area contributed by atoms with E-state index >= 15 is 0 Å². The summed E-state index contributed by atoms with van der Waals surface area (Å²) in [7, 11) is 2.88. The molecule has 1 aromatic heterocycles. The number of nitrogens with zero attached hydrogens (tertiary/aromatic N) is 2. The van der Waals surface area contributed by atoms with Crippen LogP contribution in [0.25, 0.3) is 0 Å². The number of hydrogen-bond donors (Lipinski definition) is 3. The van der Waals surface area contributed by atoms with Crippen molar-refractivity contribution in [3.05, 3.63) is 52.0 Å². The Morgan fingerprint density at radius 3 is 2.71 bits per heavy atom. The van der Waals surface area contributed by atoms with Crippen molar-refractivity contribution in [2.45, 2.75) is 12.8 Å². The van der Waals surface area contributed by atoms with Gasteiger partial charge >= 0.3 is 5.97 Å². The first kappa shape index (κ1) is 19.3. The monoisotopic (exact) mass is 346 g/mol. The second kappa shape index (κ2) is 9.37. The fourth-order valence-electron chi connectivity index (χ4n) is 2.19. The van der Waals surface area contributed by atoms with Crippen molar-refractivity contribution in [2.24, 2.45) is 0 Å². The van der Waals surface area contributed by atoms with Gasteiger partial charge in [0, 0.05) is 25.1 Å². The number of ether oxygens (including phenoxy) is 1. The molecule has 0 radical (unpaired) electrons. The van der Waals surface area contributed by atoms with Gasteiger partial charge in [-0.3, -0.25) is 9.78 Å². The zero-order valence-electron chi connectivity index (χ0n) is 13.5. The molecule has 1 aliphatic heterocycles. The highest BCUT2D eigenvalue weighted by molar-refractivity contribution is 7.84. The van der Waals surface area contributed by atoms with Crippen LogP contribution >= 0.6 is 12.6 Å². The van der Waals surface area contributed by atoms with Crippen LogP contribution in [0.3, 0.4) is 0 Å². The number of methoxy groups -OCH3 is 1. The van der Waals surface area contributed by atoms with E-state index in [1.807, 2.05) is 6.07 Å². The fourth-order valence-corrected chi connectivity index (χ4v) is 2.54. The van der Waals surface area contributed by atoms with Crippen LogP contribution in [0.2, 0.25) is 0 Å². The third-order valence-corrected chi connectivity index (χ3v) is 3.56. The molecule has 0 aromatic carbocycles. The lowest BCUT2D eigenvalue weighted by Crippen LogP contribution is -2.27. The molecule has 1 aromatic rings. The molecule has 2 heterocycles. The summed E-state index contributed by atoms with van der Waals surface area (Å²) < 4.78 is 4.83. The van der Waals surface area contributed by atoms with E-state index in [2.05, 4.69) is 34.3 Å². The quantitative estimate of drug-likeness (QED) is 0.432. The van der Waals surface area contributed by atoms with Crippen molar-refractivity contribution >= 4 is 25.0 Å². The number of esters is 1. The summed E-state index contributed by atoms with van der Waals surface area (Å²) in [5, 5.41) is 15.0. The zero-order chi connectivity index (χ0) is 18.1. The summed E-state index contributed by atoms with van der Waals surface area (Å²) in [6.45, 7) is 1.75. The third-order valence-electron chi connectivity index (χ3n) is 3.20. The molecule has 126 valence electrons. The number of nitrogens with one attached hydrogen (secondary N) is 2. The summed E-state index contributed by atoms with van der Waals surface area (Å²) in [6, 6.07) is 5.68. The van der Waals surface area contributed by atoms with E-state index in [1.54, 1.807) is 32.4 Å². The zero-order valence-corrected chi connectivity index (χ0v) is 14.4. The van der Waals surface area contributed by atoms with Gasteiger partial charge in [-0.05, 0) is 18.6 Å². The molecule has 0 aliphatic carbocycles. The SMILES string of the molecule is CNC=O.COC(=O)C1=C(C)NC(S)=C(C#N)C1c1cccnc1. The van der Waals surface area contributed by atoms with Crippen molar-refractivity contribution in [3.8, 4) is 6.07 Å². The smallest absolute Gasteiger partial charge is 0.336 e. The number of hydrogen-bond acceptors (Lipinski definition) is 7. The van der Waals surface area contributed by atoms with E-state index in [4.69, 9.17) is 9.53 Å². The molecule has 0 fully saturated rings. The molecular formula is C16H18N4O3S. The number of amides is 1. The van der Waals surface area contributed by atoms with Gasteiger partial charge in [0.1, 0.15) is 0 Å². The van der Waals surface area contributed by atoms with E-state index in [-0.39, 0.29) is 0 Å². The van der Waals surface area contributed by atoms with Gasteiger partial charge in [-0.2, -0.15) is 5.26 Å². The second-order valence-electron chi connectivity index (χ2n) is 4.66. The molecule has 1 aliphatic rings. The Morgan fingerprint density at radius 1 is 1.58 bits per heavy atom. The molecule has 24 heavy (non-hydrogen) atoms. The van der Waals surface area contributed by atoms with Crippen LogP contribution in [0.4, 0.5) is 0 Å². The minimum Gasteiger partial charge on any atom is -0.466 e. The average molecular weight is 346 g/mol. The van der Waals surface area contributed by atoms with Gasteiger partial charge in [-0.25, -0.2) is 4.79 Å². The Morgan fingerprint density at radius 2 is 2.25 bits per heavy atom. The number of aromatic nitrogens is 1. The standard InChI is InChI=1S/C14H13N3O2S.C2H5NO/c1-8-11(14(18)19-2)12(9-4-3-5-16-7-9)10(6-15)13(20)17-8;1-3-2-4/h3-5,7,12,17,20H,1-2H3;2H,1H3,(H,3,4). The van der Waals surface area contributed by atoms with Crippen LogP contribution in [0, 0.1) is 11.3 Å². The fraction of sp³-hybridized carbons (Fsp3) is 0.250. The maximum atomic E-state index is 12.0. The van der Waals surface area contributed by atoms with E-state index < -0.39 is 11.9 Å². The Kier molecular flexibility index (Phi) is 7.52. The predicted octanol–water partition coefficient (Wildman–Crippen LogP) is 1.24. The van der Waals surface area contributed by atoms with E-state index in [0.717, 1.165) is 5.56 Å². The van der Waals surface area contributed by atoms with E-state index in [1.165, 1.54) is 7.11 Å². The molecule has 0 spiro atoms. The average Bonchev–Trinajstić information content (AvgIpc) is 2.61. The Bertz CT molecular complexity index is 708. The lowest BCUT2D eigenvalue weighted by atomic mass is 9.83. The first-order valence-corrected chi connectivity index (χ1v) is 7.36. The lowest BCUT2D eigenvalue weighted by Gasteiger charge is -2.27. The Labute approximate surface area is 145 Å². The highest BCUT2D eigenvalue weighted by Crippen LogP contribution is 2.38. The van der Waals surface area contributed by atoms with Gasteiger partial charge in [0.15, 0.2) is 0 Å². The van der Waals surface area contributed by atoms with Crippen molar-refractivity contribution in [3.63, 3.8) is 0 Å². The van der Waals surface area contributed by atoms with Gasteiger partial charge in [-0.15, -0.1) is 12.6 Å². The van der Waals surface area contributed by atoms with Crippen molar-refractivity contribution < 1.29 is 14.3 Å². The predicted molar refractivity (Wildman–Crippen MR) is 91.6 cm³/mol. The Balaban J connectivity index is 0.000000648. The van der Waals surface area contributed by atoms with Crippen LogP contribution in [0.1, 0.15) is 18.4 Å². The third kappa shape index (κ3) is 4.36. The van der Waals surface area contributed by atoms with Gasteiger partial charge in [0.25, 0.3) is 0 Å². The van der Waals surface area contributed by atoms with Gasteiger partial charge in [-0.1, -0.05) is 6.07 Å². The molecule has 2 rings (SSSR count). The van der Waals surface area contributed by atoms with Gasteiger partial charge in [0.2, 0.25) is 6.41 Å². The summed E-state index contributed by atoms with van der Waals surface area (Å²) in [5.74, 6) is -0.993. The number of dihydropyridines is 1. The van der Waals surface area contributed by atoms with Crippen LogP contribution in [0.15, 0.2) is 46.4 Å². The maximum absolute atomic E-state index is 12.0. The maximum Gasteiger partial charge on any atom is 0.336 e. The molecule has 2 N–H and O–H groups in total. The number of nitriles is 1. The highest BCUT2D eigenvalue weighted by Gasteiger charge is 2.34. The largest absolute Gasteiger partial charge is 0.466 e. The molecule has 8 heteroatoms. The van der Waals surface area contributed by atoms with Crippen molar-refractivity contribution in [1.82, 2.24) is 15.6 Å². The molecule has 1 unspecified atom stereocenters. The minimum atomic E-state index is -0.519. The number of rotatable bonds is 3. The van der Waals surface area contributed by atoms with Crippen molar-refractivity contribution in [2.75, 3.05) is 14.2 Å².